The normalized spacial score (nSPS) is 10.8. The van der Waals surface area contributed by atoms with Crippen molar-refractivity contribution in [1.82, 2.24) is 9.38 Å². The highest BCUT2D eigenvalue weighted by molar-refractivity contribution is 5.91. The molecule has 1 aromatic carbocycles. The summed E-state index contributed by atoms with van der Waals surface area (Å²) < 4.78 is 11.6. The summed E-state index contributed by atoms with van der Waals surface area (Å²) >= 11 is 0. The summed E-state index contributed by atoms with van der Waals surface area (Å²) in [7, 11) is 1.56. The minimum Gasteiger partial charge on any atom is -0.496 e. The Morgan fingerprint density at radius 1 is 1.32 bits per heavy atom. The van der Waals surface area contributed by atoms with Gasteiger partial charge >= 0.3 is 5.97 Å². The Morgan fingerprint density at radius 2 is 2.09 bits per heavy atom. The molecule has 0 spiro atoms. The number of pyridine rings is 1. The largest absolute Gasteiger partial charge is 0.496 e. The summed E-state index contributed by atoms with van der Waals surface area (Å²) in [6, 6.07) is 8.95. The Morgan fingerprint density at radius 3 is 2.82 bits per heavy atom. The van der Waals surface area contributed by atoms with Crippen LogP contribution in [-0.2, 0) is 4.74 Å². The van der Waals surface area contributed by atoms with Gasteiger partial charge in [-0.15, -0.1) is 0 Å². The molecule has 0 amide bonds. The van der Waals surface area contributed by atoms with E-state index in [1.807, 2.05) is 18.2 Å². The number of nitrogens with zero attached hydrogens (tertiary/aromatic N) is 2. The van der Waals surface area contributed by atoms with Crippen molar-refractivity contribution in [2.45, 2.75) is 6.92 Å². The fourth-order valence-electron chi connectivity index (χ4n) is 2.39. The van der Waals surface area contributed by atoms with Crippen molar-refractivity contribution in [1.29, 1.82) is 0 Å². The highest BCUT2D eigenvalue weighted by Gasteiger charge is 2.17. The van der Waals surface area contributed by atoms with Crippen molar-refractivity contribution in [3.8, 4) is 5.75 Å². The van der Waals surface area contributed by atoms with Crippen molar-refractivity contribution < 1.29 is 14.3 Å². The topological polar surface area (TPSA) is 69.9 Å². The predicted molar refractivity (Wildman–Crippen MR) is 81.5 cm³/mol. The summed E-state index contributed by atoms with van der Waals surface area (Å²) in [5.74, 6) is -0.0549. The summed E-state index contributed by atoms with van der Waals surface area (Å²) in [5.41, 5.74) is 0.492. The molecule has 2 heterocycles. The first-order chi connectivity index (χ1) is 10.7. The molecule has 0 saturated carbocycles. The minimum atomic E-state index is -0.672. The molecule has 22 heavy (non-hydrogen) atoms. The van der Waals surface area contributed by atoms with Crippen LogP contribution in [-0.4, -0.2) is 29.1 Å². The minimum absolute atomic E-state index is 0.0883. The molecule has 0 aliphatic heterocycles. The second-order valence-corrected chi connectivity index (χ2v) is 4.62. The summed E-state index contributed by atoms with van der Waals surface area (Å²) in [5, 5.41) is 0.766. The maximum atomic E-state index is 12.6. The zero-order valence-electron chi connectivity index (χ0n) is 12.2. The number of carbonyl (C=O) groups is 1. The Bertz CT molecular complexity index is 930. The van der Waals surface area contributed by atoms with E-state index < -0.39 is 11.5 Å². The van der Waals surface area contributed by atoms with Crippen molar-refractivity contribution in [2.24, 2.45) is 0 Å². The van der Waals surface area contributed by atoms with E-state index in [-0.39, 0.29) is 12.2 Å². The van der Waals surface area contributed by atoms with Crippen LogP contribution in [0.25, 0.3) is 16.6 Å². The molecule has 3 rings (SSSR count). The highest BCUT2D eigenvalue weighted by atomic mass is 16.5. The molecule has 0 aliphatic carbocycles. The molecule has 0 aliphatic rings. The molecule has 0 fully saturated rings. The van der Waals surface area contributed by atoms with E-state index in [9.17, 15) is 9.59 Å². The van der Waals surface area contributed by atoms with Crippen LogP contribution in [0.3, 0.4) is 0 Å². The van der Waals surface area contributed by atoms with Crippen LogP contribution < -0.4 is 10.3 Å². The number of carbonyl (C=O) groups excluding carboxylic acids is 1. The van der Waals surface area contributed by atoms with Crippen LogP contribution in [0.1, 0.15) is 17.3 Å². The third-order valence-electron chi connectivity index (χ3n) is 3.37. The Labute approximate surface area is 125 Å². The summed E-state index contributed by atoms with van der Waals surface area (Å²) in [6.07, 6.45) is 1.24. The van der Waals surface area contributed by atoms with Gasteiger partial charge in [0.15, 0.2) is 0 Å². The Kier molecular flexibility index (Phi) is 3.50. The molecule has 112 valence electrons. The van der Waals surface area contributed by atoms with E-state index >= 15 is 0 Å². The van der Waals surface area contributed by atoms with Gasteiger partial charge in [0, 0.05) is 17.6 Å². The first-order valence-electron chi connectivity index (χ1n) is 6.82. The standard InChI is InChI=1S/C16H14N2O4/c1-3-22-16(20)11-9-17-14-8-13(21-2)10-6-4-5-7-12(10)18(14)15(11)19/h4-9H,3H2,1-2H3. The molecule has 0 radical (unpaired) electrons. The van der Waals surface area contributed by atoms with E-state index in [1.165, 1.54) is 10.6 Å². The molecule has 0 N–H and O–H groups in total. The van der Waals surface area contributed by atoms with Gasteiger partial charge in [-0.2, -0.15) is 0 Å². The van der Waals surface area contributed by atoms with Crippen LogP contribution in [0.4, 0.5) is 0 Å². The molecule has 0 atom stereocenters. The molecule has 6 nitrogen and oxygen atoms in total. The van der Waals surface area contributed by atoms with E-state index in [4.69, 9.17) is 9.47 Å². The van der Waals surface area contributed by atoms with Gasteiger partial charge in [0.05, 0.1) is 19.2 Å². The first kappa shape index (κ1) is 14.1. The third-order valence-corrected chi connectivity index (χ3v) is 3.37. The zero-order chi connectivity index (χ0) is 15.7. The fraction of sp³-hybridized carbons (Fsp3) is 0.188. The van der Waals surface area contributed by atoms with Gasteiger partial charge in [-0.3, -0.25) is 9.20 Å². The molecule has 0 unspecified atom stereocenters. The first-order valence-corrected chi connectivity index (χ1v) is 6.82. The predicted octanol–water partition coefficient (Wildman–Crippen LogP) is 2.03. The number of hydrogen-bond donors (Lipinski definition) is 0. The van der Waals surface area contributed by atoms with E-state index in [0.717, 1.165) is 5.39 Å². The van der Waals surface area contributed by atoms with Crippen LogP contribution in [0.15, 0.2) is 41.3 Å². The number of esters is 1. The number of ether oxygens (including phenoxy) is 2. The number of benzene rings is 1. The lowest BCUT2D eigenvalue weighted by atomic mass is 10.2. The second kappa shape index (κ2) is 5.48. The lowest BCUT2D eigenvalue weighted by Gasteiger charge is -2.11. The Hall–Kier alpha value is -2.89. The number of para-hydroxylation sites is 1. The van der Waals surface area contributed by atoms with E-state index in [1.54, 1.807) is 26.2 Å². The number of aromatic nitrogens is 2. The van der Waals surface area contributed by atoms with Gasteiger partial charge in [-0.1, -0.05) is 12.1 Å². The molecular weight excluding hydrogens is 284 g/mol. The van der Waals surface area contributed by atoms with E-state index in [0.29, 0.717) is 16.9 Å². The van der Waals surface area contributed by atoms with Gasteiger partial charge in [0.2, 0.25) is 0 Å². The SMILES string of the molecule is CCOC(=O)c1cnc2cc(OC)c3ccccc3n2c1=O. The quantitative estimate of drug-likeness (QED) is 0.546. The molecule has 3 aromatic rings. The fourth-order valence-corrected chi connectivity index (χ4v) is 2.39. The molecular formula is C16H14N2O4. The van der Waals surface area contributed by atoms with Gasteiger partial charge in [-0.05, 0) is 19.1 Å². The molecule has 6 heteroatoms. The lowest BCUT2D eigenvalue weighted by molar-refractivity contribution is 0.0523. The van der Waals surface area contributed by atoms with Crippen LogP contribution in [0, 0.1) is 0 Å². The van der Waals surface area contributed by atoms with Crippen LogP contribution >= 0.6 is 0 Å². The Balaban J connectivity index is 2.41. The van der Waals surface area contributed by atoms with Gasteiger partial charge < -0.3 is 9.47 Å². The smallest absolute Gasteiger partial charge is 0.345 e. The number of methoxy groups -OCH3 is 1. The molecule has 0 bridgehead atoms. The van der Waals surface area contributed by atoms with Gasteiger partial charge in [-0.25, -0.2) is 9.78 Å². The monoisotopic (exact) mass is 298 g/mol. The lowest BCUT2D eigenvalue weighted by Crippen LogP contribution is -2.24. The second-order valence-electron chi connectivity index (χ2n) is 4.62. The molecule has 0 saturated heterocycles. The average Bonchev–Trinajstić information content (AvgIpc) is 2.54. The highest BCUT2D eigenvalue weighted by Crippen LogP contribution is 2.26. The van der Waals surface area contributed by atoms with Crippen molar-refractivity contribution in [2.75, 3.05) is 13.7 Å². The summed E-state index contributed by atoms with van der Waals surface area (Å²) in [4.78, 5) is 28.7. The van der Waals surface area contributed by atoms with Gasteiger partial charge in [0.25, 0.3) is 5.56 Å². The van der Waals surface area contributed by atoms with E-state index in [2.05, 4.69) is 4.98 Å². The molecule has 2 aromatic heterocycles. The van der Waals surface area contributed by atoms with Crippen molar-refractivity contribution in [3.63, 3.8) is 0 Å². The van der Waals surface area contributed by atoms with Crippen LogP contribution in [0.2, 0.25) is 0 Å². The zero-order valence-corrected chi connectivity index (χ0v) is 12.2. The van der Waals surface area contributed by atoms with Crippen molar-refractivity contribution in [3.05, 3.63) is 52.4 Å². The van der Waals surface area contributed by atoms with Crippen molar-refractivity contribution >= 4 is 22.5 Å². The number of rotatable bonds is 3. The average molecular weight is 298 g/mol. The van der Waals surface area contributed by atoms with Crippen LogP contribution in [0.5, 0.6) is 5.75 Å². The maximum Gasteiger partial charge on any atom is 0.345 e. The van der Waals surface area contributed by atoms with Gasteiger partial charge in [0.1, 0.15) is 17.0 Å². The maximum absolute atomic E-state index is 12.6. The summed E-state index contributed by atoms with van der Waals surface area (Å²) in [6.45, 7) is 1.88. The number of fused-ring (bicyclic) bond motifs is 3. The number of hydrogen-bond acceptors (Lipinski definition) is 5. The third kappa shape index (κ3) is 2.09.